The molecule has 6 rings (SSSR count). The lowest BCUT2D eigenvalue weighted by Gasteiger charge is -2.23. The molecule has 2 unspecified atom stereocenters. The molecule has 1 aliphatic heterocycles. The molecule has 2 aliphatic rings. The number of pyridine rings is 1. The van der Waals surface area contributed by atoms with E-state index >= 15 is 0 Å². The molecule has 0 bridgehead atoms. The van der Waals surface area contributed by atoms with Crippen LogP contribution >= 0.6 is 0 Å². The molecule has 2 atom stereocenters. The van der Waals surface area contributed by atoms with Crippen LogP contribution in [-0.2, 0) is 5.41 Å². The van der Waals surface area contributed by atoms with Crippen molar-refractivity contribution in [1.82, 2.24) is 15.2 Å². The van der Waals surface area contributed by atoms with Gasteiger partial charge in [0.1, 0.15) is 11.5 Å². The fourth-order valence-corrected chi connectivity index (χ4v) is 6.22. The molecule has 4 aromatic rings. The summed E-state index contributed by atoms with van der Waals surface area (Å²) < 4.78 is 0. The number of anilines is 1. The Hall–Kier alpha value is -2.88. The first-order chi connectivity index (χ1) is 16.7. The summed E-state index contributed by atoms with van der Waals surface area (Å²) in [6.45, 7) is 6.88. The fraction of sp³-hybridized carbons (Fsp3) is 0.467. The van der Waals surface area contributed by atoms with Crippen molar-refractivity contribution in [3.63, 3.8) is 0 Å². The number of aromatic amines is 1. The van der Waals surface area contributed by atoms with Gasteiger partial charge >= 0.3 is 0 Å². The third-order valence-electron chi connectivity index (χ3n) is 8.44. The zero-order valence-corrected chi connectivity index (χ0v) is 20.6. The van der Waals surface area contributed by atoms with Crippen molar-refractivity contribution in [2.24, 2.45) is 5.92 Å². The molecule has 0 spiro atoms. The lowest BCUT2D eigenvalue weighted by Crippen LogP contribution is -2.25. The molecule has 1 N–H and O–H groups in total. The van der Waals surface area contributed by atoms with Gasteiger partial charge in [-0.05, 0) is 66.2 Å². The highest BCUT2D eigenvalue weighted by Crippen LogP contribution is 2.57. The number of nitrogens with zero attached hydrogens (tertiary/aromatic N) is 3. The van der Waals surface area contributed by atoms with Crippen LogP contribution < -0.4 is 4.90 Å². The number of hydrogen-bond donors (Lipinski definition) is 1. The quantitative estimate of drug-likeness (QED) is 0.327. The van der Waals surface area contributed by atoms with E-state index in [2.05, 4.69) is 72.4 Å². The number of H-pyrrole nitrogens is 1. The van der Waals surface area contributed by atoms with Crippen molar-refractivity contribution in [2.45, 2.75) is 70.6 Å². The van der Waals surface area contributed by atoms with Crippen molar-refractivity contribution >= 4 is 27.5 Å². The number of benzene rings is 2. The summed E-state index contributed by atoms with van der Waals surface area (Å²) in [6, 6.07) is 17.9. The first-order valence-electron chi connectivity index (χ1n) is 13.3. The highest BCUT2D eigenvalue weighted by Gasteiger charge is 2.51. The molecule has 2 aromatic heterocycles. The molecular weight excluding hydrogens is 416 g/mol. The lowest BCUT2D eigenvalue weighted by atomic mass is 9.87. The van der Waals surface area contributed by atoms with Gasteiger partial charge in [0.15, 0.2) is 0 Å². The van der Waals surface area contributed by atoms with Crippen molar-refractivity contribution < 1.29 is 0 Å². The van der Waals surface area contributed by atoms with Crippen LogP contribution in [0, 0.1) is 5.92 Å². The van der Waals surface area contributed by atoms with Crippen molar-refractivity contribution in [3.05, 3.63) is 54.1 Å². The van der Waals surface area contributed by atoms with E-state index in [9.17, 15) is 0 Å². The molecule has 4 nitrogen and oxygen atoms in total. The minimum absolute atomic E-state index is 0.354. The van der Waals surface area contributed by atoms with Gasteiger partial charge < -0.3 is 4.90 Å². The second-order valence-electron chi connectivity index (χ2n) is 10.7. The zero-order valence-electron chi connectivity index (χ0n) is 20.6. The largest absolute Gasteiger partial charge is 0.356 e. The second kappa shape index (κ2) is 8.72. The van der Waals surface area contributed by atoms with Crippen LogP contribution in [0.15, 0.2) is 48.5 Å². The number of fused-ring (bicyclic) bond motifs is 2. The first-order valence-corrected chi connectivity index (χ1v) is 13.3. The maximum Gasteiger partial charge on any atom is 0.137 e. The zero-order chi connectivity index (χ0) is 23.1. The van der Waals surface area contributed by atoms with E-state index in [0.29, 0.717) is 5.41 Å². The van der Waals surface area contributed by atoms with Crippen LogP contribution in [0.25, 0.3) is 33.1 Å². The Morgan fingerprint density at radius 2 is 1.79 bits per heavy atom. The van der Waals surface area contributed by atoms with Crippen molar-refractivity contribution in [1.29, 1.82) is 0 Å². The van der Waals surface area contributed by atoms with Gasteiger partial charge in [0.25, 0.3) is 0 Å². The van der Waals surface area contributed by atoms with E-state index in [4.69, 9.17) is 10.1 Å². The average Bonchev–Trinajstić information content (AvgIpc) is 3.46. The summed E-state index contributed by atoms with van der Waals surface area (Å²) in [5.74, 6) is 1.89. The van der Waals surface area contributed by atoms with Gasteiger partial charge in [0.05, 0.1) is 11.2 Å². The molecule has 3 heterocycles. The fourth-order valence-electron chi connectivity index (χ4n) is 6.22. The number of unbranched alkanes of at least 4 members (excludes halogenated alkanes) is 1. The Morgan fingerprint density at radius 1 is 1.00 bits per heavy atom. The lowest BCUT2D eigenvalue weighted by molar-refractivity contribution is 0.539. The average molecular weight is 453 g/mol. The van der Waals surface area contributed by atoms with Crippen LogP contribution in [0.1, 0.15) is 70.8 Å². The SMILES string of the molecule is CCCCC1(c2ccc3[nH]nc(-c4cc5ccccc5c(N5CCCCCC5)n4)c3c2)CC1C. The summed E-state index contributed by atoms with van der Waals surface area (Å²) in [5, 5.41) is 11.8. The molecule has 1 saturated carbocycles. The number of hydrogen-bond acceptors (Lipinski definition) is 3. The topological polar surface area (TPSA) is 44.8 Å². The van der Waals surface area contributed by atoms with Gasteiger partial charge in [-0.15, -0.1) is 0 Å². The number of aromatic nitrogens is 3. The van der Waals surface area contributed by atoms with Gasteiger partial charge in [-0.25, -0.2) is 4.98 Å². The standard InChI is InChI=1S/C30H36N4/c1-3-4-15-30(20-21(30)2)23-13-14-26-25(19-23)28(33-32-26)27-18-22-11-7-8-12-24(22)29(31-27)34-16-9-5-6-10-17-34/h7-8,11-14,18-19,21H,3-6,9-10,15-17,20H2,1-2H3,(H,32,33). The highest BCUT2D eigenvalue weighted by molar-refractivity contribution is 5.98. The van der Waals surface area contributed by atoms with Crippen molar-refractivity contribution in [2.75, 3.05) is 18.0 Å². The molecule has 4 heteroatoms. The Bertz CT molecular complexity index is 1310. The van der Waals surface area contributed by atoms with Gasteiger partial charge in [0.2, 0.25) is 0 Å². The summed E-state index contributed by atoms with van der Waals surface area (Å²) in [4.78, 5) is 7.78. The Kier molecular flexibility index (Phi) is 5.55. The molecule has 1 saturated heterocycles. The summed E-state index contributed by atoms with van der Waals surface area (Å²) in [7, 11) is 0. The van der Waals surface area contributed by atoms with Crippen molar-refractivity contribution in [3.8, 4) is 11.4 Å². The van der Waals surface area contributed by atoms with Crippen LogP contribution in [0.2, 0.25) is 0 Å². The Labute approximate surface area is 202 Å². The molecule has 176 valence electrons. The minimum atomic E-state index is 0.354. The number of nitrogens with one attached hydrogen (secondary N) is 1. The minimum Gasteiger partial charge on any atom is -0.356 e. The van der Waals surface area contributed by atoms with Crippen LogP contribution in [0.5, 0.6) is 0 Å². The third-order valence-corrected chi connectivity index (χ3v) is 8.44. The monoisotopic (exact) mass is 452 g/mol. The summed E-state index contributed by atoms with van der Waals surface area (Å²) >= 11 is 0. The van der Waals surface area contributed by atoms with E-state index in [-0.39, 0.29) is 0 Å². The molecule has 2 aromatic carbocycles. The predicted molar refractivity (Wildman–Crippen MR) is 142 cm³/mol. The summed E-state index contributed by atoms with van der Waals surface area (Å²) in [6.07, 6.45) is 10.3. The van der Waals surface area contributed by atoms with Crippen LogP contribution in [0.4, 0.5) is 5.82 Å². The smallest absolute Gasteiger partial charge is 0.137 e. The molecule has 0 amide bonds. The van der Waals surface area contributed by atoms with E-state index in [1.807, 2.05) is 0 Å². The maximum absolute atomic E-state index is 5.27. The molecule has 1 aliphatic carbocycles. The Morgan fingerprint density at radius 3 is 2.56 bits per heavy atom. The van der Waals surface area contributed by atoms with Gasteiger partial charge in [-0.3, -0.25) is 5.10 Å². The van der Waals surface area contributed by atoms with Gasteiger partial charge in [0, 0.05) is 23.9 Å². The number of rotatable bonds is 6. The normalized spacial score (nSPS) is 22.9. The van der Waals surface area contributed by atoms with Gasteiger partial charge in [-0.1, -0.05) is 69.9 Å². The molecule has 2 fully saturated rings. The van der Waals surface area contributed by atoms with E-state index < -0.39 is 0 Å². The van der Waals surface area contributed by atoms with Crippen LogP contribution in [-0.4, -0.2) is 28.3 Å². The predicted octanol–water partition coefficient (Wildman–Crippen LogP) is 7.63. The van der Waals surface area contributed by atoms with Gasteiger partial charge in [-0.2, -0.15) is 5.10 Å². The molecule has 0 radical (unpaired) electrons. The molecule has 34 heavy (non-hydrogen) atoms. The maximum atomic E-state index is 5.27. The van der Waals surface area contributed by atoms with Crippen LogP contribution in [0.3, 0.4) is 0 Å². The summed E-state index contributed by atoms with van der Waals surface area (Å²) in [5.41, 5.74) is 4.90. The third kappa shape index (κ3) is 3.68. The van der Waals surface area contributed by atoms with E-state index in [1.54, 1.807) is 0 Å². The van der Waals surface area contributed by atoms with E-state index in [0.717, 1.165) is 41.7 Å². The molecular formula is C30H36N4. The Balaban J connectivity index is 1.47. The van der Waals surface area contributed by atoms with E-state index in [1.165, 1.54) is 73.1 Å². The highest BCUT2D eigenvalue weighted by atomic mass is 15.2. The second-order valence-corrected chi connectivity index (χ2v) is 10.7. The first kappa shape index (κ1) is 21.6.